The quantitative estimate of drug-likeness (QED) is 0.798. The lowest BCUT2D eigenvalue weighted by Crippen LogP contribution is -2.02. The van der Waals surface area contributed by atoms with Gasteiger partial charge in [0.1, 0.15) is 5.65 Å². The van der Waals surface area contributed by atoms with E-state index in [-0.39, 0.29) is 0 Å². The van der Waals surface area contributed by atoms with Crippen molar-refractivity contribution in [2.45, 2.75) is 19.4 Å². The largest absolute Gasteiger partial charge is 0.387 e. The number of rotatable bonds is 3. The maximum absolute atomic E-state index is 10.0. The number of pyridine rings is 1. The van der Waals surface area contributed by atoms with Crippen LogP contribution in [0.4, 0.5) is 0 Å². The molecule has 3 aromatic rings. The highest BCUT2D eigenvalue weighted by molar-refractivity contribution is 6.30. The van der Waals surface area contributed by atoms with Gasteiger partial charge in [-0.25, -0.2) is 4.98 Å². The van der Waals surface area contributed by atoms with Crippen LogP contribution >= 0.6 is 11.6 Å². The second-order valence-corrected chi connectivity index (χ2v) is 5.29. The van der Waals surface area contributed by atoms with Crippen molar-refractivity contribution >= 4 is 17.2 Å². The van der Waals surface area contributed by atoms with Crippen LogP contribution in [0, 0.1) is 0 Å². The van der Waals surface area contributed by atoms with E-state index in [0.29, 0.717) is 11.4 Å². The average Bonchev–Trinajstić information content (AvgIpc) is 2.76. The molecule has 0 aliphatic rings. The van der Waals surface area contributed by atoms with Crippen LogP contribution in [0.5, 0.6) is 0 Å². The topological polar surface area (TPSA) is 37.5 Å². The van der Waals surface area contributed by atoms with E-state index in [1.54, 1.807) is 13.0 Å². The monoisotopic (exact) mass is 286 g/mol. The van der Waals surface area contributed by atoms with Crippen molar-refractivity contribution < 1.29 is 5.11 Å². The molecule has 1 N–H and O–H groups in total. The molecule has 0 fully saturated rings. The normalized spacial score (nSPS) is 12.8. The summed E-state index contributed by atoms with van der Waals surface area (Å²) in [5.41, 5.74) is 3.64. The molecule has 0 aliphatic heterocycles. The van der Waals surface area contributed by atoms with Crippen LogP contribution in [0.25, 0.3) is 5.65 Å². The minimum absolute atomic E-state index is 0.579. The predicted molar refractivity (Wildman–Crippen MR) is 80.1 cm³/mol. The van der Waals surface area contributed by atoms with Crippen LogP contribution in [-0.2, 0) is 6.42 Å². The summed E-state index contributed by atoms with van der Waals surface area (Å²) < 4.78 is 1.90. The molecule has 1 aromatic carbocycles. The number of imidazole rings is 1. The molecule has 3 nitrogen and oxygen atoms in total. The summed E-state index contributed by atoms with van der Waals surface area (Å²) in [4.78, 5) is 4.61. The number of aromatic nitrogens is 2. The molecule has 0 bridgehead atoms. The van der Waals surface area contributed by atoms with Crippen molar-refractivity contribution in [2.75, 3.05) is 0 Å². The van der Waals surface area contributed by atoms with Crippen LogP contribution < -0.4 is 0 Å². The third-order valence-electron chi connectivity index (χ3n) is 3.31. The van der Waals surface area contributed by atoms with E-state index in [0.717, 1.165) is 17.0 Å². The molecule has 1 unspecified atom stereocenters. The highest BCUT2D eigenvalue weighted by Crippen LogP contribution is 2.24. The van der Waals surface area contributed by atoms with Gasteiger partial charge >= 0.3 is 0 Å². The van der Waals surface area contributed by atoms with Crippen LogP contribution in [0.15, 0.2) is 48.7 Å². The van der Waals surface area contributed by atoms with Gasteiger partial charge in [-0.3, -0.25) is 0 Å². The molecular formula is C16H15ClN2O. The van der Waals surface area contributed by atoms with Gasteiger partial charge in [-0.15, -0.1) is 0 Å². The summed E-state index contributed by atoms with van der Waals surface area (Å²) in [6, 6.07) is 13.7. The Morgan fingerprint density at radius 1 is 1.25 bits per heavy atom. The highest BCUT2D eigenvalue weighted by Gasteiger charge is 2.16. The van der Waals surface area contributed by atoms with Crippen LogP contribution in [0.2, 0.25) is 5.02 Å². The molecule has 20 heavy (non-hydrogen) atoms. The first-order valence-electron chi connectivity index (χ1n) is 6.53. The fourth-order valence-corrected chi connectivity index (χ4v) is 2.60. The van der Waals surface area contributed by atoms with E-state index in [4.69, 9.17) is 11.6 Å². The first kappa shape index (κ1) is 13.2. The lowest BCUT2D eigenvalue weighted by molar-refractivity contribution is 0.192. The second kappa shape index (κ2) is 5.27. The van der Waals surface area contributed by atoms with E-state index >= 15 is 0 Å². The van der Waals surface area contributed by atoms with Gasteiger partial charge in [0, 0.05) is 23.7 Å². The number of aliphatic hydroxyl groups is 1. The Bertz CT molecular complexity index is 735. The van der Waals surface area contributed by atoms with Crippen molar-refractivity contribution in [3.05, 3.63) is 70.6 Å². The first-order valence-corrected chi connectivity index (χ1v) is 6.91. The van der Waals surface area contributed by atoms with Gasteiger partial charge in [-0.1, -0.05) is 41.9 Å². The summed E-state index contributed by atoms with van der Waals surface area (Å²) in [6.07, 6.45) is 1.96. The number of benzene rings is 1. The van der Waals surface area contributed by atoms with Crippen molar-refractivity contribution in [1.29, 1.82) is 0 Å². The fourth-order valence-electron chi connectivity index (χ4n) is 2.45. The summed E-state index contributed by atoms with van der Waals surface area (Å²) in [6.45, 7) is 1.76. The summed E-state index contributed by atoms with van der Waals surface area (Å²) >= 11 is 6.00. The molecule has 4 heteroatoms. The molecule has 0 radical (unpaired) electrons. The Morgan fingerprint density at radius 3 is 2.70 bits per heavy atom. The van der Waals surface area contributed by atoms with Gasteiger partial charge in [0.25, 0.3) is 0 Å². The number of nitrogens with zero attached hydrogens (tertiary/aromatic N) is 2. The van der Waals surface area contributed by atoms with Gasteiger partial charge in [0.05, 0.1) is 17.5 Å². The third kappa shape index (κ3) is 2.42. The molecular weight excluding hydrogens is 272 g/mol. The number of fused-ring (bicyclic) bond motifs is 1. The first-order chi connectivity index (χ1) is 9.65. The number of hydrogen-bond acceptors (Lipinski definition) is 2. The SMILES string of the molecule is CC(O)c1c(Cc2ccccc2)nc2cc(Cl)ccn12. The maximum atomic E-state index is 10.0. The molecule has 2 aromatic heterocycles. The zero-order chi connectivity index (χ0) is 14.1. The smallest absolute Gasteiger partial charge is 0.138 e. The van der Waals surface area contributed by atoms with E-state index in [1.807, 2.05) is 34.9 Å². The van der Waals surface area contributed by atoms with Gasteiger partial charge in [-0.2, -0.15) is 0 Å². The molecule has 0 spiro atoms. The van der Waals surface area contributed by atoms with Crippen LogP contribution in [0.3, 0.4) is 0 Å². The fraction of sp³-hybridized carbons (Fsp3) is 0.188. The minimum Gasteiger partial charge on any atom is -0.387 e. The number of aliphatic hydroxyl groups excluding tert-OH is 1. The van der Waals surface area contributed by atoms with E-state index in [2.05, 4.69) is 17.1 Å². The van der Waals surface area contributed by atoms with E-state index in [9.17, 15) is 5.11 Å². The highest BCUT2D eigenvalue weighted by atomic mass is 35.5. The van der Waals surface area contributed by atoms with Crippen molar-refractivity contribution in [3.63, 3.8) is 0 Å². The van der Waals surface area contributed by atoms with Crippen molar-refractivity contribution in [1.82, 2.24) is 9.38 Å². The van der Waals surface area contributed by atoms with Gasteiger partial charge < -0.3 is 9.51 Å². The molecule has 2 heterocycles. The zero-order valence-electron chi connectivity index (χ0n) is 11.1. The van der Waals surface area contributed by atoms with Gasteiger partial charge in [0.2, 0.25) is 0 Å². The van der Waals surface area contributed by atoms with Gasteiger partial charge in [-0.05, 0) is 18.6 Å². The van der Waals surface area contributed by atoms with E-state index < -0.39 is 6.10 Å². The molecule has 0 aliphatic carbocycles. The van der Waals surface area contributed by atoms with Crippen LogP contribution in [-0.4, -0.2) is 14.5 Å². The summed E-state index contributed by atoms with van der Waals surface area (Å²) in [5, 5.41) is 10.7. The molecule has 102 valence electrons. The Labute approximate surface area is 122 Å². The summed E-state index contributed by atoms with van der Waals surface area (Å²) in [5.74, 6) is 0. The Kier molecular flexibility index (Phi) is 3.47. The number of halogens is 1. The van der Waals surface area contributed by atoms with Crippen LogP contribution in [0.1, 0.15) is 30.0 Å². The maximum Gasteiger partial charge on any atom is 0.138 e. The van der Waals surface area contributed by atoms with Gasteiger partial charge in [0.15, 0.2) is 0 Å². The Morgan fingerprint density at radius 2 is 2.00 bits per heavy atom. The van der Waals surface area contributed by atoms with Crippen molar-refractivity contribution in [2.24, 2.45) is 0 Å². The molecule has 0 amide bonds. The van der Waals surface area contributed by atoms with Crippen molar-refractivity contribution in [3.8, 4) is 0 Å². The lowest BCUT2D eigenvalue weighted by Gasteiger charge is -2.08. The lowest BCUT2D eigenvalue weighted by atomic mass is 10.1. The second-order valence-electron chi connectivity index (χ2n) is 4.86. The zero-order valence-corrected chi connectivity index (χ0v) is 11.9. The molecule has 0 saturated heterocycles. The van der Waals surface area contributed by atoms with E-state index in [1.165, 1.54) is 5.56 Å². The average molecular weight is 287 g/mol. The minimum atomic E-state index is -0.579. The summed E-state index contributed by atoms with van der Waals surface area (Å²) in [7, 11) is 0. The third-order valence-corrected chi connectivity index (χ3v) is 3.55. The molecule has 3 rings (SSSR count). The Hall–Kier alpha value is -1.84. The molecule has 1 atom stereocenters. The predicted octanol–water partition coefficient (Wildman–Crippen LogP) is 3.63. The molecule has 0 saturated carbocycles. The Balaban J connectivity index is 2.12. The number of hydrogen-bond donors (Lipinski definition) is 1. The standard InChI is InChI=1S/C16H15ClN2O/c1-11(20)16-14(9-12-5-3-2-4-6-12)18-15-10-13(17)7-8-19(15)16/h2-8,10-11,20H,9H2,1H3.